The van der Waals surface area contributed by atoms with E-state index in [0.717, 1.165) is 5.56 Å². The Morgan fingerprint density at radius 2 is 1.63 bits per heavy atom. The number of nitrogens with zero attached hydrogens (tertiary/aromatic N) is 1. The number of amides is 4. The fourth-order valence-electron chi connectivity index (χ4n) is 4.73. The van der Waals surface area contributed by atoms with Crippen LogP contribution in [0.4, 0.5) is 10.5 Å². The number of anilines is 1. The number of nitrogens with one attached hydrogen (secondary N) is 4. The molecule has 51 heavy (non-hydrogen) atoms. The number of ether oxygens (including phenoxy) is 2. The molecule has 0 fully saturated rings. The van der Waals surface area contributed by atoms with E-state index in [4.69, 9.17) is 25.4 Å². The number of aryl methyl sites for hydroxylation is 1. The highest BCUT2D eigenvalue weighted by atomic mass is 16.6. The van der Waals surface area contributed by atoms with Gasteiger partial charge in [-0.1, -0.05) is 30.3 Å². The zero-order valence-corrected chi connectivity index (χ0v) is 29.1. The molecular formula is C35H45N7O9. The SMILES string of the molecule is Cc1cc(=O)oc2cc(NC(=O)[C@@H](CCCN=C(N)N)NC(=O)CNC(=O)[C@H](CCC(=O)OCc3ccccc3)NC(=O)OC(C)(C)C)ccc12. The Hall–Kier alpha value is -5.93. The summed E-state index contributed by atoms with van der Waals surface area (Å²) in [5, 5.41) is 10.9. The van der Waals surface area contributed by atoms with Crippen molar-refractivity contribution in [3.63, 3.8) is 0 Å². The summed E-state index contributed by atoms with van der Waals surface area (Å²) < 4.78 is 15.8. The van der Waals surface area contributed by atoms with Gasteiger partial charge in [0.15, 0.2) is 5.96 Å². The number of esters is 1. The zero-order chi connectivity index (χ0) is 37.6. The fourth-order valence-corrected chi connectivity index (χ4v) is 4.73. The molecule has 2 aromatic carbocycles. The number of carbonyl (C=O) groups is 5. The maximum Gasteiger partial charge on any atom is 0.408 e. The van der Waals surface area contributed by atoms with Crippen molar-refractivity contribution in [2.24, 2.45) is 16.5 Å². The van der Waals surface area contributed by atoms with Crippen LogP contribution in [0, 0.1) is 6.92 Å². The van der Waals surface area contributed by atoms with Gasteiger partial charge in [-0.25, -0.2) is 9.59 Å². The van der Waals surface area contributed by atoms with Crippen LogP contribution in [0.3, 0.4) is 0 Å². The first kappa shape index (κ1) is 39.5. The molecule has 1 heterocycles. The summed E-state index contributed by atoms with van der Waals surface area (Å²) in [5.74, 6) is -2.81. The molecule has 0 radical (unpaired) electrons. The molecule has 4 amide bonds. The largest absolute Gasteiger partial charge is 0.461 e. The number of nitrogens with two attached hydrogens (primary N) is 2. The van der Waals surface area contributed by atoms with E-state index in [1.165, 1.54) is 12.1 Å². The van der Waals surface area contributed by atoms with Crippen molar-refractivity contribution in [3.05, 3.63) is 76.1 Å². The zero-order valence-electron chi connectivity index (χ0n) is 29.1. The van der Waals surface area contributed by atoms with Crippen molar-refractivity contribution in [1.82, 2.24) is 16.0 Å². The van der Waals surface area contributed by atoms with Crippen molar-refractivity contribution in [3.8, 4) is 0 Å². The second-order valence-electron chi connectivity index (χ2n) is 12.6. The molecule has 0 unspecified atom stereocenters. The lowest BCUT2D eigenvalue weighted by atomic mass is 10.1. The Kier molecular flexibility index (Phi) is 14.5. The molecular weight excluding hydrogens is 662 g/mol. The number of aliphatic imine (C=N–C) groups is 1. The van der Waals surface area contributed by atoms with Crippen LogP contribution in [-0.4, -0.2) is 66.5 Å². The second kappa shape index (κ2) is 18.7. The van der Waals surface area contributed by atoms with Gasteiger partial charge in [-0.2, -0.15) is 0 Å². The molecule has 16 nitrogen and oxygen atoms in total. The van der Waals surface area contributed by atoms with Crippen LogP contribution in [0.5, 0.6) is 0 Å². The van der Waals surface area contributed by atoms with Gasteiger partial charge in [-0.3, -0.25) is 24.2 Å². The molecule has 3 rings (SSSR count). The first-order valence-corrected chi connectivity index (χ1v) is 16.3. The lowest BCUT2D eigenvalue weighted by Crippen LogP contribution is -2.52. The molecule has 0 aliphatic rings. The van der Waals surface area contributed by atoms with Crippen LogP contribution in [0.15, 0.2) is 68.8 Å². The van der Waals surface area contributed by atoms with Crippen LogP contribution in [0.25, 0.3) is 11.0 Å². The van der Waals surface area contributed by atoms with Gasteiger partial charge >= 0.3 is 17.7 Å². The number of carbonyl (C=O) groups excluding carboxylic acids is 5. The Morgan fingerprint density at radius 1 is 0.922 bits per heavy atom. The number of benzene rings is 2. The molecule has 0 saturated heterocycles. The predicted octanol–water partition coefficient (Wildman–Crippen LogP) is 2.11. The van der Waals surface area contributed by atoms with E-state index >= 15 is 0 Å². The topological polar surface area (TPSA) is 247 Å². The molecule has 0 aliphatic heterocycles. The summed E-state index contributed by atoms with van der Waals surface area (Å²) in [6.07, 6.45) is -0.829. The molecule has 16 heteroatoms. The van der Waals surface area contributed by atoms with E-state index in [2.05, 4.69) is 26.3 Å². The van der Waals surface area contributed by atoms with E-state index in [-0.39, 0.29) is 44.0 Å². The quantitative estimate of drug-likeness (QED) is 0.0414. The lowest BCUT2D eigenvalue weighted by molar-refractivity contribution is -0.145. The molecule has 0 aliphatic carbocycles. The summed E-state index contributed by atoms with van der Waals surface area (Å²) in [4.78, 5) is 80.2. The average molecular weight is 708 g/mol. The fraction of sp³-hybridized carbons (Fsp3) is 0.400. The molecule has 0 bridgehead atoms. The van der Waals surface area contributed by atoms with E-state index < -0.39 is 59.6 Å². The monoisotopic (exact) mass is 707 g/mol. The van der Waals surface area contributed by atoms with Gasteiger partial charge in [0.1, 0.15) is 29.9 Å². The van der Waals surface area contributed by atoms with Gasteiger partial charge in [0.05, 0.1) is 6.54 Å². The first-order chi connectivity index (χ1) is 24.1. The average Bonchev–Trinajstić information content (AvgIpc) is 3.05. The number of alkyl carbamates (subject to hydrolysis) is 1. The maximum absolute atomic E-state index is 13.3. The van der Waals surface area contributed by atoms with Crippen molar-refractivity contribution in [2.45, 2.75) is 77.7 Å². The highest BCUT2D eigenvalue weighted by Gasteiger charge is 2.27. The Balaban J connectivity index is 1.65. The third kappa shape index (κ3) is 14.2. The number of hydrogen-bond donors (Lipinski definition) is 6. The number of fused-ring (bicyclic) bond motifs is 1. The van der Waals surface area contributed by atoms with Gasteiger partial charge in [0.2, 0.25) is 17.7 Å². The molecule has 0 saturated carbocycles. The molecule has 2 atom stereocenters. The van der Waals surface area contributed by atoms with Gasteiger partial charge in [0.25, 0.3) is 0 Å². The summed E-state index contributed by atoms with van der Waals surface area (Å²) in [6.45, 7) is 6.36. The number of hydrogen-bond acceptors (Lipinski definition) is 10. The highest BCUT2D eigenvalue weighted by molar-refractivity contribution is 5.99. The predicted molar refractivity (Wildman–Crippen MR) is 189 cm³/mol. The van der Waals surface area contributed by atoms with Gasteiger partial charge in [-0.15, -0.1) is 0 Å². The third-order valence-electron chi connectivity index (χ3n) is 7.13. The summed E-state index contributed by atoms with van der Waals surface area (Å²) in [7, 11) is 0. The van der Waals surface area contributed by atoms with Crippen LogP contribution in [0.2, 0.25) is 0 Å². The van der Waals surface area contributed by atoms with E-state index in [9.17, 15) is 28.8 Å². The van der Waals surface area contributed by atoms with Crippen molar-refractivity contribution in [2.75, 3.05) is 18.4 Å². The maximum atomic E-state index is 13.3. The standard InChI is InChI=1S/C35H45N7O9/c1-21-17-30(45)50-27-18-23(12-13-24(21)27)40-32(47)25(11-8-16-38-33(36)37)41-28(43)19-39-31(46)26(42-34(48)51-35(2,3)4)14-15-29(44)49-20-22-9-6-5-7-10-22/h5-7,9-10,12-13,17-18,25-26H,8,11,14-16,19-20H2,1-4H3,(H,39,46)(H,40,47)(H,41,43)(H,42,48)(H4,36,37,38)/t25-,26+/m1/s1. The van der Waals surface area contributed by atoms with Gasteiger partial charge < -0.3 is 46.6 Å². The van der Waals surface area contributed by atoms with Crippen molar-refractivity contribution >= 4 is 52.4 Å². The Labute approximate surface area is 294 Å². The molecule has 8 N–H and O–H groups in total. The van der Waals surface area contributed by atoms with Crippen LogP contribution in [0.1, 0.15) is 57.6 Å². The normalized spacial score (nSPS) is 12.2. The molecule has 3 aromatic rings. The van der Waals surface area contributed by atoms with Gasteiger partial charge in [0, 0.05) is 36.2 Å². The second-order valence-corrected chi connectivity index (χ2v) is 12.6. The third-order valence-corrected chi connectivity index (χ3v) is 7.13. The summed E-state index contributed by atoms with van der Waals surface area (Å²) >= 11 is 0. The minimum atomic E-state index is -1.26. The Morgan fingerprint density at radius 3 is 2.31 bits per heavy atom. The van der Waals surface area contributed by atoms with Crippen LogP contribution in [-0.2, 0) is 35.3 Å². The lowest BCUT2D eigenvalue weighted by Gasteiger charge is -2.23. The molecule has 274 valence electrons. The van der Waals surface area contributed by atoms with E-state index in [1.54, 1.807) is 64.1 Å². The van der Waals surface area contributed by atoms with E-state index in [0.29, 0.717) is 23.1 Å². The number of rotatable bonds is 16. The van der Waals surface area contributed by atoms with Crippen molar-refractivity contribution in [1.29, 1.82) is 0 Å². The van der Waals surface area contributed by atoms with Crippen molar-refractivity contribution < 1.29 is 37.9 Å². The summed E-state index contributed by atoms with van der Waals surface area (Å²) in [5.41, 5.74) is 11.5. The van der Waals surface area contributed by atoms with Crippen LogP contribution < -0.4 is 38.4 Å². The number of guanidine groups is 1. The minimum absolute atomic E-state index is 0.0356. The van der Waals surface area contributed by atoms with E-state index in [1.807, 2.05) is 6.07 Å². The van der Waals surface area contributed by atoms with Gasteiger partial charge in [-0.05, 0) is 70.2 Å². The first-order valence-electron chi connectivity index (χ1n) is 16.3. The highest BCUT2D eigenvalue weighted by Crippen LogP contribution is 2.21. The smallest absolute Gasteiger partial charge is 0.408 e. The summed E-state index contributed by atoms with van der Waals surface area (Å²) in [6, 6.07) is 12.9. The molecule has 1 aromatic heterocycles. The van der Waals surface area contributed by atoms with Crippen LogP contribution >= 0.6 is 0 Å². The Bertz CT molecular complexity index is 1780. The minimum Gasteiger partial charge on any atom is -0.461 e. The molecule has 0 spiro atoms.